The van der Waals surface area contributed by atoms with Crippen molar-refractivity contribution in [2.24, 2.45) is 23.7 Å². The normalized spacial score (nSPS) is 44.5. The molecule has 0 N–H and O–H groups in total. The van der Waals surface area contributed by atoms with Crippen LogP contribution in [0.3, 0.4) is 0 Å². The number of fused-ring (bicyclic) bond motifs is 3. The predicted molar refractivity (Wildman–Crippen MR) is 64.7 cm³/mol. The molecule has 0 nitrogen and oxygen atoms in total. The minimum Gasteiger partial charge on any atom is -0.0847 e. The third-order valence-corrected chi connectivity index (χ3v) is 5.36. The smallest absolute Gasteiger partial charge is 0.0141 e. The van der Waals surface area contributed by atoms with Gasteiger partial charge in [0.25, 0.3) is 0 Å². The summed E-state index contributed by atoms with van der Waals surface area (Å²) in [5, 5.41) is 0. The van der Waals surface area contributed by atoms with Crippen molar-refractivity contribution in [3.05, 3.63) is 11.6 Å². The third kappa shape index (κ3) is 1.57. The van der Waals surface area contributed by atoms with E-state index in [1.807, 2.05) is 5.57 Å². The van der Waals surface area contributed by atoms with Crippen molar-refractivity contribution >= 4 is 0 Å². The fraction of sp³-hybridized carbons (Fsp3) is 0.867. The van der Waals surface area contributed by atoms with Crippen LogP contribution in [0.15, 0.2) is 11.6 Å². The van der Waals surface area contributed by atoms with E-state index < -0.39 is 0 Å². The molecule has 3 rings (SSSR count). The Kier molecular flexibility index (Phi) is 2.62. The highest BCUT2D eigenvalue weighted by atomic mass is 14.5. The van der Waals surface area contributed by atoms with Crippen LogP contribution in [0.5, 0.6) is 0 Å². The Morgan fingerprint density at radius 1 is 1.07 bits per heavy atom. The molecule has 2 saturated carbocycles. The largest absolute Gasteiger partial charge is 0.0847 e. The van der Waals surface area contributed by atoms with E-state index in [0.29, 0.717) is 0 Å². The quantitative estimate of drug-likeness (QED) is 0.549. The van der Waals surface area contributed by atoms with Gasteiger partial charge in [0.1, 0.15) is 0 Å². The minimum absolute atomic E-state index is 1.02. The van der Waals surface area contributed by atoms with Crippen LogP contribution < -0.4 is 0 Å². The molecule has 2 fully saturated rings. The van der Waals surface area contributed by atoms with Crippen LogP contribution in [0.2, 0.25) is 0 Å². The summed E-state index contributed by atoms with van der Waals surface area (Å²) in [6.07, 6.45) is 14.5. The van der Waals surface area contributed by atoms with Crippen molar-refractivity contribution in [1.82, 2.24) is 0 Å². The van der Waals surface area contributed by atoms with Crippen LogP contribution in [0, 0.1) is 23.7 Å². The lowest BCUT2D eigenvalue weighted by molar-refractivity contribution is 0.0841. The lowest BCUT2D eigenvalue weighted by Crippen LogP contribution is -2.35. The van der Waals surface area contributed by atoms with Gasteiger partial charge in [-0.1, -0.05) is 37.8 Å². The second-order valence-electron chi connectivity index (χ2n) is 5.94. The number of hydrogen-bond donors (Lipinski definition) is 0. The van der Waals surface area contributed by atoms with Crippen LogP contribution >= 0.6 is 0 Å². The van der Waals surface area contributed by atoms with Crippen LogP contribution in [0.1, 0.15) is 58.3 Å². The van der Waals surface area contributed by atoms with Crippen molar-refractivity contribution in [3.63, 3.8) is 0 Å². The Morgan fingerprint density at radius 3 is 2.73 bits per heavy atom. The van der Waals surface area contributed by atoms with E-state index in [2.05, 4.69) is 13.0 Å². The fourth-order valence-electron chi connectivity index (χ4n) is 4.69. The van der Waals surface area contributed by atoms with E-state index in [1.165, 1.54) is 32.1 Å². The molecule has 0 aromatic heterocycles. The first kappa shape index (κ1) is 9.93. The van der Waals surface area contributed by atoms with Gasteiger partial charge in [-0.05, 0) is 55.8 Å². The Morgan fingerprint density at radius 2 is 1.87 bits per heavy atom. The fourth-order valence-corrected chi connectivity index (χ4v) is 4.69. The standard InChI is InChI=1S/C15H24/c1-2-11-7-9-13-10-8-12-5-3-4-6-14(12)15(11)13/h7,12-15H,2-6,8-10H2,1H3. The predicted octanol–water partition coefficient (Wildman–Crippen LogP) is 4.56. The first-order chi connectivity index (χ1) is 7.40. The first-order valence-electron chi connectivity index (χ1n) is 7.09. The Hall–Kier alpha value is -0.260. The molecule has 3 aliphatic rings. The summed E-state index contributed by atoms with van der Waals surface area (Å²) in [6.45, 7) is 2.36. The lowest BCUT2D eigenvalue weighted by Gasteiger charge is -2.44. The van der Waals surface area contributed by atoms with Gasteiger partial charge in [0.15, 0.2) is 0 Å². The summed E-state index contributed by atoms with van der Waals surface area (Å²) in [4.78, 5) is 0. The number of rotatable bonds is 1. The Bertz CT molecular complexity index is 263. The average molecular weight is 204 g/mol. The maximum absolute atomic E-state index is 2.59. The molecule has 0 radical (unpaired) electrons. The van der Waals surface area contributed by atoms with Gasteiger partial charge < -0.3 is 0 Å². The van der Waals surface area contributed by atoms with E-state index in [4.69, 9.17) is 0 Å². The summed E-state index contributed by atoms with van der Waals surface area (Å²) < 4.78 is 0. The highest BCUT2D eigenvalue weighted by Gasteiger charge is 2.42. The zero-order chi connectivity index (χ0) is 10.3. The highest BCUT2D eigenvalue weighted by Crippen LogP contribution is 2.53. The molecule has 0 amide bonds. The van der Waals surface area contributed by atoms with Gasteiger partial charge in [0, 0.05) is 0 Å². The van der Waals surface area contributed by atoms with Crippen LogP contribution in [0.4, 0.5) is 0 Å². The molecule has 0 heteroatoms. The molecule has 0 aliphatic heterocycles. The van der Waals surface area contributed by atoms with Crippen LogP contribution in [-0.2, 0) is 0 Å². The molecule has 15 heavy (non-hydrogen) atoms. The van der Waals surface area contributed by atoms with Gasteiger partial charge in [-0.3, -0.25) is 0 Å². The molecular weight excluding hydrogens is 180 g/mol. The van der Waals surface area contributed by atoms with Crippen molar-refractivity contribution in [2.75, 3.05) is 0 Å². The van der Waals surface area contributed by atoms with Crippen molar-refractivity contribution in [1.29, 1.82) is 0 Å². The Labute approximate surface area is 94.1 Å². The van der Waals surface area contributed by atoms with Crippen molar-refractivity contribution < 1.29 is 0 Å². The van der Waals surface area contributed by atoms with Gasteiger partial charge in [-0.2, -0.15) is 0 Å². The van der Waals surface area contributed by atoms with Crippen molar-refractivity contribution in [2.45, 2.75) is 58.3 Å². The molecule has 0 aromatic rings. The molecule has 0 aromatic carbocycles. The highest BCUT2D eigenvalue weighted by molar-refractivity contribution is 5.18. The van der Waals surface area contributed by atoms with Gasteiger partial charge >= 0.3 is 0 Å². The maximum Gasteiger partial charge on any atom is -0.0141 e. The van der Waals surface area contributed by atoms with E-state index >= 15 is 0 Å². The van der Waals surface area contributed by atoms with E-state index in [9.17, 15) is 0 Å². The summed E-state index contributed by atoms with van der Waals surface area (Å²) in [5.74, 6) is 4.27. The molecule has 0 bridgehead atoms. The van der Waals surface area contributed by atoms with Gasteiger partial charge in [-0.15, -0.1) is 0 Å². The Balaban J connectivity index is 1.82. The maximum atomic E-state index is 2.59. The first-order valence-corrected chi connectivity index (χ1v) is 7.09. The van der Waals surface area contributed by atoms with Gasteiger partial charge in [-0.25, -0.2) is 0 Å². The lowest BCUT2D eigenvalue weighted by atomic mass is 9.61. The molecule has 3 aliphatic carbocycles. The molecule has 4 atom stereocenters. The van der Waals surface area contributed by atoms with Gasteiger partial charge in [0.2, 0.25) is 0 Å². The van der Waals surface area contributed by atoms with Crippen LogP contribution in [0.25, 0.3) is 0 Å². The molecule has 0 saturated heterocycles. The van der Waals surface area contributed by atoms with E-state index in [1.54, 1.807) is 19.3 Å². The second kappa shape index (κ2) is 3.96. The zero-order valence-electron chi connectivity index (χ0n) is 10.0. The molecule has 84 valence electrons. The monoisotopic (exact) mass is 204 g/mol. The molecule has 0 spiro atoms. The van der Waals surface area contributed by atoms with E-state index in [-0.39, 0.29) is 0 Å². The number of hydrogen-bond acceptors (Lipinski definition) is 0. The third-order valence-electron chi connectivity index (χ3n) is 5.36. The molecule has 4 unspecified atom stereocenters. The summed E-state index contributed by atoms with van der Waals surface area (Å²) in [7, 11) is 0. The topological polar surface area (TPSA) is 0 Å². The molecule has 0 heterocycles. The zero-order valence-corrected chi connectivity index (χ0v) is 10.0. The second-order valence-corrected chi connectivity index (χ2v) is 5.94. The van der Waals surface area contributed by atoms with Crippen molar-refractivity contribution in [3.8, 4) is 0 Å². The molecular formula is C15H24. The SMILES string of the molecule is CCC1=CCC2CCC3CCCCC3C12. The minimum atomic E-state index is 1.02. The summed E-state index contributed by atoms with van der Waals surface area (Å²) in [5.41, 5.74) is 1.83. The van der Waals surface area contributed by atoms with Gasteiger partial charge in [0.05, 0.1) is 0 Å². The summed E-state index contributed by atoms with van der Waals surface area (Å²) >= 11 is 0. The van der Waals surface area contributed by atoms with Crippen LogP contribution in [-0.4, -0.2) is 0 Å². The van der Waals surface area contributed by atoms with E-state index in [0.717, 1.165) is 23.7 Å². The number of allylic oxidation sites excluding steroid dienone is 2. The summed E-state index contributed by atoms with van der Waals surface area (Å²) in [6, 6.07) is 0. The average Bonchev–Trinajstić information content (AvgIpc) is 2.72.